The average molecular weight is 341 g/mol. The van der Waals surface area contributed by atoms with Gasteiger partial charge in [-0.05, 0) is 56.1 Å². The summed E-state index contributed by atoms with van der Waals surface area (Å²) in [5.41, 5.74) is 0.980. The molecule has 4 aliphatic carbocycles. The number of rotatable bonds is 0. The van der Waals surface area contributed by atoms with Gasteiger partial charge in [-0.3, -0.25) is 9.59 Å². The largest absolute Gasteiger partial charge is 0.393 e. The van der Waals surface area contributed by atoms with Gasteiger partial charge in [0.2, 0.25) is 5.91 Å². The van der Waals surface area contributed by atoms with Crippen molar-refractivity contribution >= 4 is 11.7 Å². The fraction of sp³-hybridized carbons (Fsp3) is 0.714. The van der Waals surface area contributed by atoms with Crippen LogP contribution in [-0.4, -0.2) is 41.4 Å². The van der Waals surface area contributed by atoms with E-state index in [1.54, 1.807) is 12.2 Å². The first-order valence-electron chi connectivity index (χ1n) is 9.74. The van der Waals surface area contributed by atoms with Crippen molar-refractivity contribution in [3.8, 4) is 0 Å². The number of amides is 1. The summed E-state index contributed by atoms with van der Waals surface area (Å²) in [5.74, 6) is 1.64. The van der Waals surface area contributed by atoms with Gasteiger partial charge in [0.15, 0.2) is 5.78 Å². The van der Waals surface area contributed by atoms with Crippen molar-refractivity contribution in [3.05, 3.63) is 23.8 Å². The first kappa shape index (κ1) is 15.8. The molecule has 0 aromatic carbocycles. The third-order valence-corrected chi connectivity index (χ3v) is 8.43. The number of nitrogens with zero attached hydrogens (tertiary/aromatic N) is 1. The molecule has 7 unspecified atom stereocenters. The standard InChI is InChI=1S/C21H27NO3/c1-20-8-7-13(23)9-12(20)3-4-14-15-5-6-16-19(25)22(2)11-21(15,16)10-17(24)18(14)20/h7-9,14-18,24H,3-6,10-11H2,1-2H3. The maximum absolute atomic E-state index is 12.6. The lowest BCUT2D eigenvalue weighted by Gasteiger charge is -2.58. The maximum Gasteiger partial charge on any atom is 0.226 e. The third-order valence-electron chi connectivity index (χ3n) is 8.43. The summed E-state index contributed by atoms with van der Waals surface area (Å²) in [6.45, 7) is 3.02. The van der Waals surface area contributed by atoms with E-state index in [1.807, 2.05) is 11.9 Å². The molecule has 4 heteroatoms. The fourth-order valence-electron chi connectivity index (χ4n) is 7.56. The lowest BCUT2D eigenvalue weighted by molar-refractivity contribution is -0.132. The highest BCUT2D eigenvalue weighted by Crippen LogP contribution is 2.67. The number of aliphatic hydroxyl groups excluding tert-OH is 1. The number of hydrogen-bond donors (Lipinski definition) is 1. The molecule has 4 nitrogen and oxygen atoms in total. The Labute approximate surface area is 149 Å². The molecule has 1 saturated heterocycles. The molecule has 1 aliphatic heterocycles. The molecule has 4 fully saturated rings. The number of hydrogen-bond acceptors (Lipinski definition) is 3. The first-order valence-corrected chi connectivity index (χ1v) is 9.74. The molecule has 5 aliphatic rings. The van der Waals surface area contributed by atoms with Crippen molar-refractivity contribution in [3.63, 3.8) is 0 Å². The van der Waals surface area contributed by atoms with Crippen LogP contribution in [0.15, 0.2) is 23.8 Å². The Bertz CT molecular complexity index is 725. The molecule has 0 aromatic rings. The van der Waals surface area contributed by atoms with E-state index >= 15 is 0 Å². The van der Waals surface area contributed by atoms with Crippen molar-refractivity contribution in [2.24, 2.45) is 34.5 Å². The minimum absolute atomic E-state index is 0.0157. The fourth-order valence-corrected chi connectivity index (χ4v) is 7.56. The van der Waals surface area contributed by atoms with E-state index in [2.05, 4.69) is 13.0 Å². The van der Waals surface area contributed by atoms with Crippen LogP contribution in [0.5, 0.6) is 0 Å². The van der Waals surface area contributed by atoms with E-state index in [9.17, 15) is 14.7 Å². The quantitative estimate of drug-likeness (QED) is 0.736. The van der Waals surface area contributed by atoms with Crippen molar-refractivity contribution in [1.82, 2.24) is 4.90 Å². The van der Waals surface area contributed by atoms with Crippen LogP contribution in [0.2, 0.25) is 0 Å². The molecule has 25 heavy (non-hydrogen) atoms. The minimum atomic E-state index is -0.396. The Hall–Kier alpha value is -1.42. The van der Waals surface area contributed by atoms with Crippen LogP contribution in [-0.2, 0) is 9.59 Å². The van der Waals surface area contributed by atoms with Gasteiger partial charge in [-0.15, -0.1) is 0 Å². The molecular weight excluding hydrogens is 314 g/mol. The van der Waals surface area contributed by atoms with Crippen LogP contribution < -0.4 is 0 Å². The zero-order valence-corrected chi connectivity index (χ0v) is 15.1. The first-order chi connectivity index (χ1) is 11.9. The Balaban J connectivity index is 1.56. The van der Waals surface area contributed by atoms with Gasteiger partial charge in [0, 0.05) is 36.3 Å². The Morgan fingerprint density at radius 3 is 2.84 bits per heavy atom. The van der Waals surface area contributed by atoms with E-state index in [4.69, 9.17) is 0 Å². The van der Waals surface area contributed by atoms with E-state index < -0.39 is 6.10 Å². The van der Waals surface area contributed by atoms with Gasteiger partial charge in [-0.1, -0.05) is 18.6 Å². The molecule has 3 saturated carbocycles. The van der Waals surface area contributed by atoms with Crippen molar-refractivity contribution in [1.29, 1.82) is 0 Å². The van der Waals surface area contributed by atoms with E-state index in [0.717, 1.165) is 38.6 Å². The molecule has 7 atom stereocenters. The van der Waals surface area contributed by atoms with Crippen LogP contribution >= 0.6 is 0 Å². The summed E-state index contributed by atoms with van der Waals surface area (Å²) >= 11 is 0. The van der Waals surface area contributed by atoms with Crippen molar-refractivity contribution in [2.45, 2.75) is 45.1 Å². The predicted molar refractivity (Wildman–Crippen MR) is 93.5 cm³/mol. The summed E-state index contributed by atoms with van der Waals surface area (Å²) < 4.78 is 0. The second kappa shape index (κ2) is 4.85. The van der Waals surface area contributed by atoms with Gasteiger partial charge in [-0.25, -0.2) is 0 Å². The molecule has 1 spiro atoms. The maximum atomic E-state index is 12.6. The predicted octanol–water partition coefficient (Wildman–Crippen LogP) is 2.33. The molecular formula is C21H27NO3. The van der Waals surface area contributed by atoms with Crippen LogP contribution in [0.1, 0.15) is 39.0 Å². The topological polar surface area (TPSA) is 57.6 Å². The highest BCUT2D eigenvalue weighted by Gasteiger charge is 2.67. The number of allylic oxidation sites excluding steroid dienone is 4. The minimum Gasteiger partial charge on any atom is -0.393 e. The molecule has 1 N–H and O–H groups in total. The van der Waals surface area contributed by atoms with E-state index in [-0.39, 0.29) is 28.4 Å². The lowest BCUT2D eigenvalue weighted by Crippen LogP contribution is -2.57. The number of likely N-dealkylation sites (tertiary alicyclic amines) is 1. The van der Waals surface area contributed by atoms with Gasteiger partial charge >= 0.3 is 0 Å². The van der Waals surface area contributed by atoms with Gasteiger partial charge in [0.25, 0.3) is 0 Å². The van der Waals surface area contributed by atoms with Crippen LogP contribution in [0.3, 0.4) is 0 Å². The molecule has 0 radical (unpaired) electrons. The highest BCUT2D eigenvalue weighted by atomic mass is 16.3. The van der Waals surface area contributed by atoms with Crippen molar-refractivity contribution < 1.29 is 14.7 Å². The van der Waals surface area contributed by atoms with Gasteiger partial charge in [0.1, 0.15) is 0 Å². The van der Waals surface area contributed by atoms with Crippen LogP contribution in [0.25, 0.3) is 0 Å². The molecule has 0 aromatic heterocycles. The smallest absolute Gasteiger partial charge is 0.226 e. The van der Waals surface area contributed by atoms with E-state index in [1.165, 1.54) is 5.57 Å². The highest BCUT2D eigenvalue weighted by molar-refractivity contribution is 6.01. The second-order valence-electron chi connectivity index (χ2n) is 9.35. The molecule has 0 bridgehead atoms. The molecule has 1 heterocycles. The van der Waals surface area contributed by atoms with E-state index in [0.29, 0.717) is 17.7 Å². The summed E-state index contributed by atoms with van der Waals surface area (Å²) in [6.07, 6.45) is 9.99. The number of carbonyl (C=O) groups excluding carboxylic acids is 2. The Morgan fingerprint density at radius 1 is 1.24 bits per heavy atom. The average Bonchev–Trinajstić information content (AvgIpc) is 3.02. The Kier molecular flexibility index (Phi) is 3.06. The summed E-state index contributed by atoms with van der Waals surface area (Å²) in [6, 6.07) is 0. The van der Waals surface area contributed by atoms with Gasteiger partial charge < -0.3 is 10.0 Å². The summed E-state index contributed by atoms with van der Waals surface area (Å²) in [7, 11) is 1.92. The molecule has 134 valence electrons. The Morgan fingerprint density at radius 2 is 2.04 bits per heavy atom. The zero-order chi connectivity index (χ0) is 17.6. The summed E-state index contributed by atoms with van der Waals surface area (Å²) in [4.78, 5) is 26.4. The number of fused-ring (bicyclic) bond motifs is 4. The van der Waals surface area contributed by atoms with Gasteiger partial charge in [0.05, 0.1) is 6.10 Å². The van der Waals surface area contributed by atoms with Crippen LogP contribution in [0, 0.1) is 34.5 Å². The number of aliphatic hydroxyl groups is 1. The molecule has 1 amide bonds. The van der Waals surface area contributed by atoms with Crippen molar-refractivity contribution in [2.75, 3.05) is 13.6 Å². The van der Waals surface area contributed by atoms with Crippen LogP contribution in [0.4, 0.5) is 0 Å². The molecule has 5 rings (SSSR count). The summed E-state index contributed by atoms with van der Waals surface area (Å²) in [5, 5.41) is 11.3. The normalized spacial score (nSPS) is 50.9. The number of carbonyl (C=O) groups is 2. The number of ketones is 1. The zero-order valence-electron chi connectivity index (χ0n) is 15.1. The monoisotopic (exact) mass is 341 g/mol. The SMILES string of the molecule is CN1CC23CC(O)C4C(CCC5=CC(=O)C=CC54C)C2CCC3C1=O. The lowest BCUT2D eigenvalue weighted by atomic mass is 9.47. The second-order valence-corrected chi connectivity index (χ2v) is 9.35. The van der Waals surface area contributed by atoms with Gasteiger partial charge in [-0.2, -0.15) is 0 Å². The third kappa shape index (κ3) is 1.82.